The molecule has 31 heavy (non-hydrogen) atoms. The summed E-state index contributed by atoms with van der Waals surface area (Å²) in [6, 6.07) is 17.0. The van der Waals surface area contributed by atoms with Gasteiger partial charge in [0.1, 0.15) is 0 Å². The molecule has 0 aliphatic carbocycles. The third-order valence-electron chi connectivity index (χ3n) is 4.62. The summed E-state index contributed by atoms with van der Waals surface area (Å²) in [6.45, 7) is 3.86. The van der Waals surface area contributed by atoms with Crippen LogP contribution in [0.5, 0.6) is 0 Å². The molecule has 0 N–H and O–H groups in total. The minimum atomic E-state index is -0.410. The zero-order valence-corrected chi connectivity index (χ0v) is 17.9. The van der Waals surface area contributed by atoms with Gasteiger partial charge in [0.15, 0.2) is 12.4 Å². The summed E-state index contributed by atoms with van der Waals surface area (Å²) in [6.07, 6.45) is 1.89. The highest BCUT2D eigenvalue weighted by molar-refractivity contribution is 6.30. The molecule has 7 nitrogen and oxygen atoms in total. The fraction of sp³-hybridized carbons (Fsp3) is 0.217. The third kappa shape index (κ3) is 5.00. The molecular weight excluding hydrogens is 416 g/mol. The molecule has 0 unspecified atom stereocenters. The Balaban J connectivity index is 1.54. The summed E-state index contributed by atoms with van der Waals surface area (Å²) in [7, 11) is 0. The van der Waals surface area contributed by atoms with Crippen molar-refractivity contribution in [3.05, 3.63) is 83.1 Å². The van der Waals surface area contributed by atoms with Crippen molar-refractivity contribution in [1.82, 2.24) is 19.9 Å². The molecule has 0 spiro atoms. The first kappa shape index (κ1) is 20.8. The Morgan fingerprint density at radius 3 is 2.55 bits per heavy atom. The Morgan fingerprint density at radius 1 is 1.13 bits per heavy atom. The van der Waals surface area contributed by atoms with Crippen LogP contribution in [0.1, 0.15) is 37.0 Å². The normalized spacial score (nSPS) is 11.1. The zero-order valence-electron chi connectivity index (χ0n) is 17.2. The molecule has 0 saturated heterocycles. The molecule has 0 radical (unpaired) electrons. The first-order valence-corrected chi connectivity index (χ1v) is 10.3. The van der Waals surface area contributed by atoms with Gasteiger partial charge in [-0.15, -0.1) is 0 Å². The number of rotatable bonds is 7. The topological polar surface area (TPSA) is 83.0 Å². The summed E-state index contributed by atoms with van der Waals surface area (Å²) < 4.78 is 12.2. The fourth-order valence-electron chi connectivity index (χ4n) is 3.01. The second-order valence-corrected chi connectivity index (χ2v) is 7.76. The average Bonchev–Trinajstić information content (AvgIpc) is 3.41. The summed E-state index contributed by atoms with van der Waals surface area (Å²) >= 11 is 6.03. The van der Waals surface area contributed by atoms with Crippen LogP contribution in [0.2, 0.25) is 5.02 Å². The maximum Gasteiger partial charge on any atom is 0.310 e. The number of aromatic nitrogens is 4. The van der Waals surface area contributed by atoms with Crippen molar-refractivity contribution in [3.63, 3.8) is 0 Å². The molecule has 0 aliphatic heterocycles. The fourth-order valence-corrected chi connectivity index (χ4v) is 3.14. The van der Waals surface area contributed by atoms with Crippen molar-refractivity contribution in [2.75, 3.05) is 0 Å². The number of benzene rings is 2. The van der Waals surface area contributed by atoms with E-state index in [-0.39, 0.29) is 24.8 Å². The number of hydrogen-bond donors (Lipinski definition) is 0. The smallest absolute Gasteiger partial charge is 0.310 e. The van der Waals surface area contributed by atoms with Crippen LogP contribution in [0.15, 0.2) is 65.3 Å². The molecule has 2 heterocycles. The molecular formula is C23H21ClN4O3. The van der Waals surface area contributed by atoms with Crippen LogP contribution in [-0.2, 0) is 22.6 Å². The minimum absolute atomic E-state index is 0.0516. The van der Waals surface area contributed by atoms with Gasteiger partial charge in [0.2, 0.25) is 0 Å². The summed E-state index contributed by atoms with van der Waals surface area (Å²) in [5.74, 6) is 0.584. The molecule has 2 aromatic carbocycles. The average molecular weight is 437 g/mol. The van der Waals surface area contributed by atoms with Crippen molar-refractivity contribution < 1.29 is 14.1 Å². The van der Waals surface area contributed by atoms with E-state index in [2.05, 4.69) is 10.1 Å². The lowest BCUT2D eigenvalue weighted by atomic mass is 10.1. The van der Waals surface area contributed by atoms with Crippen molar-refractivity contribution in [2.24, 2.45) is 0 Å². The van der Waals surface area contributed by atoms with Crippen LogP contribution in [0, 0.1) is 0 Å². The Bertz CT molecular complexity index is 1170. The number of para-hydroxylation sites is 1. The standard InChI is InChI=1S/C23H21ClN4O3/c1-15(2)23-25-20(31-27-23)14-30-21(29)12-17-13-28(19-6-4-3-5-7-19)26-22(17)16-8-10-18(24)11-9-16/h3-11,13,15H,12,14H2,1-2H3. The molecule has 2 aromatic heterocycles. The quantitative estimate of drug-likeness (QED) is 0.380. The monoisotopic (exact) mass is 436 g/mol. The first-order valence-electron chi connectivity index (χ1n) is 9.87. The van der Waals surface area contributed by atoms with E-state index in [1.807, 2.05) is 62.5 Å². The molecule has 0 bridgehead atoms. The second kappa shape index (κ2) is 9.14. The van der Waals surface area contributed by atoms with Gasteiger partial charge in [-0.2, -0.15) is 10.1 Å². The van der Waals surface area contributed by atoms with Crippen LogP contribution in [0.3, 0.4) is 0 Å². The molecule has 0 amide bonds. The first-order chi connectivity index (χ1) is 15.0. The number of ether oxygens (including phenoxy) is 1. The number of esters is 1. The highest BCUT2D eigenvalue weighted by atomic mass is 35.5. The summed E-state index contributed by atoms with van der Waals surface area (Å²) in [5.41, 5.74) is 3.19. The molecule has 0 saturated carbocycles. The second-order valence-electron chi connectivity index (χ2n) is 7.33. The maximum atomic E-state index is 12.5. The highest BCUT2D eigenvalue weighted by Crippen LogP contribution is 2.26. The van der Waals surface area contributed by atoms with Crippen LogP contribution < -0.4 is 0 Å². The lowest BCUT2D eigenvalue weighted by Gasteiger charge is -2.03. The predicted octanol–water partition coefficient (Wildman–Crippen LogP) is 4.99. The van der Waals surface area contributed by atoms with E-state index in [1.54, 1.807) is 16.8 Å². The zero-order chi connectivity index (χ0) is 21.8. The van der Waals surface area contributed by atoms with Gasteiger partial charge in [-0.1, -0.05) is 60.9 Å². The van der Waals surface area contributed by atoms with Gasteiger partial charge in [-0.05, 0) is 24.3 Å². The third-order valence-corrected chi connectivity index (χ3v) is 4.87. The van der Waals surface area contributed by atoms with Gasteiger partial charge < -0.3 is 9.26 Å². The van der Waals surface area contributed by atoms with Crippen molar-refractivity contribution >= 4 is 17.6 Å². The van der Waals surface area contributed by atoms with E-state index >= 15 is 0 Å². The molecule has 0 aliphatic rings. The van der Waals surface area contributed by atoms with Crippen LogP contribution in [0.25, 0.3) is 16.9 Å². The molecule has 158 valence electrons. The summed E-state index contributed by atoms with van der Waals surface area (Å²) in [5, 5.41) is 9.21. The van der Waals surface area contributed by atoms with Crippen molar-refractivity contribution in [2.45, 2.75) is 32.8 Å². The predicted molar refractivity (Wildman–Crippen MR) is 116 cm³/mol. The van der Waals surface area contributed by atoms with E-state index in [9.17, 15) is 4.79 Å². The van der Waals surface area contributed by atoms with Gasteiger partial charge in [0.05, 0.1) is 17.8 Å². The molecule has 0 atom stereocenters. The van der Waals surface area contributed by atoms with Gasteiger partial charge in [0, 0.05) is 28.3 Å². The number of nitrogens with zero attached hydrogens (tertiary/aromatic N) is 4. The van der Waals surface area contributed by atoms with Gasteiger partial charge in [-0.3, -0.25) is 4.79 Å². The lowest BCUT2D eigenvalue weighted by molar-refractivity contribution is -0.144. The number of halogens is 1. The van der Waals surface area contributed by atoms with E-state index < -0.39 is 5.97 Å². The Kier molecular flexibility index (Phi) is 6.13. The molecule has 0 fully saturated rings. The number of carbonyl (C=O) groups is 1. The van der Waals surface area contributed by atoms with Gasteiger partial charge in [-0.25, -0.2) is 4.68 Å². The minimum Gasteiger partial charge on any atom is -0.455 e. The largest absolute Gasteiger partial charge is 0.455 e. The highest BCUT2D eigenvalue weighted by Gasteiger charge is 2.18. The molecule has 8 heteroatoms. The van der Waals surface area contributed by atoms with Crippen LogP contribution in [0.4, 0.5) is 0 Å². The van der Waals surface area contributed by atoms with Crippen LogP contribution >= 0.6 is 11.6 Å². The van der Waals surface area contributed by atoms with Crippen LogP contribution in [-0.4, -0.2) is 25.9 Å². The Morgan fingerprint density at radius 2 is 1.87 bits per heavy atom. The SMILES string of the molecule is CC(C)c1noc(COC(=O)Cc2cn(-c3ccccc3)nc2-c2ccc(Cl)cc2)n1. The maximum absolute atomic E-state index is 12.5. The van der Waals surface area contributed by atoms with E-state index in [0.717, 1.165) is 16.8 Å². The number of hydrogen-bond acceptors (Lipinski definition) is 6. The van der Waals surface area contributed by atoms with Crippen molar-refractivity contribution in [3.8, 4) is 16.9 Å². The van der Waals surface area contributed by atoms with Gasteiger partial charge in [0.25, 0.3) is 5.89 Å². The van der Waals surface area contributed by atoms with E-state index in [4.69, 9.17) is 26.0 Å². The molecule has 4 aromatic rings. The van der Waals surface area contributed by atoms with E-state index in [1.165, 1.54) is 0 Å². The summed E-state index contributed by atoms with van der Waals surface area (Å²) in [4.78, 5) is 16.8. The Labute approximate surface area is 184 Å². The Hall–Kier alpha value is -3.45. The molecule has 4 rings (SSSR count). The van der Waals surface area contributed by atoms with Gasteiger partial charge >= 0.3 is 5.97 Å². The number of carbonyl (C=O) groups excluding carboxylic acids is 1. The van der Waals surface area contributed by atoms with Crippen molar-refractivity contribution in [1.29, 1.82) is 0 Å². The lowest BCUT2D eigenvalue weighted by Crippen LogP contribution is -2.08. The van der Waals surface area contributed by atoms with E-state index in [0.29, 0.717) is 16.5 Å².